The lowest BCUT2D eigenvalue weighted by Crippen LogP contribution is -2.10. The molecular weight excluding hydrogens is 276 g/mol. The number of benzene rings is 1. The first-order valence-electron chi connectivity index (χ1n) is 7.52. The molecule has 2 heteroatoms. The van der Waals surface area contributed by atoms with Crippen molar-refractivity contribution in [2.75, 3.05) is 0 Å². The van der Waals surface area contributed by atoms with E-state index in [4.69, 9.17) is 0 Å². The molecule has 0 fully saturated rings. The Balaban J connectivity index is 0.00000128. The Hall–Kier alpha value is -1.28. The van der Waals surface area contributed by atoms with Gasteiger partial charge in [0.1, 0.15) is 0 Å². The number of Topliss-reactive ketones (excluding diaryl/α,β-unsaturated/α-hetero) is 1. The zero-order chi connectivity index (χ0) is 15.3. The Morgan fingerprint density at radius 2 is 1.62 bits per heavy atom. The highest BCUT2D eigenvalue weighted by Gasteiger charge is 2.21. The number of allylic oxidation sites excluding steroid dienone is 2. The summed E-state index contributed by atoms with van der Waals surface area (Å²) >= 11 is 0. The topological polar surface area (TPSA) is 17.1 Å². The number of aryl methyl sites for hydroxylation is 2. The van der Waals surface area contributed by atoms with Crippen molar-refractivity contribution in [3.05, 3.63) is 46.5 Å². The summed E-state index contributed by atoms with van der Waals surface area (Å²) in [7, 11) is 0. The van der Waals surface area contributed by atoms with Crippen LogP contribution in [0, 0.1) is 13.8 Å². The van der Waals surface area contributed by atoms with Gasteiger partial charge in [-0.1, -0.05) is 38.6 Å². The van der Waals surface area contributed by atoms with Crippen molar-refractivity contribution in [1.82, 2.24) is 0 Å². The van der Waals surface area contributed by atoms with Gasteiger partial charge in [0.2, 0.25) is 0 Å². The van der Waals surface area contributed by atoms with Crippen LogP contribution in [0.4, 0.5) is 0 Å². The molecule has 0 aromatic heterocycles. The number of rotatable bonds is 2. The van der Waals surface area contributed by atoms with Crippen LogP contribution in [-0.2, 0) is 4.79 Å². The number of hydrogen-bond acceptors (Lipinski definition) is 1. The Labute approximate surface area is 136 Å². The molecule has 1 aliphatic carbocycles. The standard InChI is InChI=1S/C17H20O.C2H6.H2S/c1-5-14-11(2)9-10-12(3)17(14)15-7-6-8-16(18)13(15)4;1-2;/h5,9-10H,1,6-8H2,2-4H3;1-2H3;1H2. The summed E-state index contributed by atoms with van der Waals surface area (Å²) in [5.41, 5.74) is 7.04. The van der Waals surface area contributed by atoms with E-state index in [1.165, 1.54) is 27.8 Å². The van der Waals surface area contributed by atoms with E-state index in [2.05, 4.69) is 32.6 Å². The van der Waals surface area contributed by atoms with Gasteiger partial charge < -0.3 is 0 Å². The molecule has 0 bridgehead atoms. The van der Waals surface area contributed by atoms with E-state index in [0.29, 0.717) is 12.2 Å². The predicted octanol–water partition coefficient (Wildman–Crippen LogP) is 5.61. The molecule has 0 radical (unpaired) electrons. The van der Waals surface area contributed by atoms with Gasteiger partial charge in [-0.05, 0) is 67.0 Å². The van der Waals surface area contributed by atoms with E-state index in [0.717, 1.165) is 18.4 Å². The van der Waals surface area contributed by atoms with Gasteiger partial charge in [0.15, 0.2) is 5.78 Å². The van der Waals surface area contributed by atoms with Crippen molar-refractivity contribution in [3.63, 3.8) is 0 Å². The molecule has 0 spiro atoms. The van der Waals surface area contributed by atoms with Gasteiger partial charge in [0.05, 0.1) is 0 Å². The van der Waals surface area contributed by atoms with Gasteiger partial charge >= 0.3 is 0 Å². The molecule has 0 atom stereocenters. The van der Waals surface area contributed by atoms with Crippen LogP contribution < -0.4 is 0 Å². The molecule has 0 amide bonds. The summed E-state index contributed by atoms with van der Waals surface area (Å²) in [4.78, 5) is 11.9. The van der Waals surface area contributed by atoms with E-state index in [1.807, 2.05) is 26.8 Å². The van der Waals surface area contributed by atoms with Crippen LogP contribution in [0.5, 0.6) is 0 Å². The van der Waals surface area contributed by atoms with Gasteiger partial charge in [-0.2, -0.15) is 13.5 Å². The lowest BCUT2D eigenvalue weighted by molar-refractivity contribution is -0.115. The SMILES string of the molecule is C=Cc1c(C)ccc(C)c1C1=C(C)C(=O)CCC1.CC.S. The third-order valence-electron chi connectivity index (χ3n) is 3.88. The van der Waals surface area contributed by atoms with Crippen LogP contribution in [0.3, 0.4) is 0 Å². The second kappa shape index (κ2) is 8.89. The molecule has 0 saturated carbocycles. The average Bonchev–Trinajstić information content (AvgIpc) is 2.46. The minimum Gasteiger partial charge on any atom is -0.295 e. The molecule has 0 unspecified atom stereocenters. The summed E-state index contributed by atoms with van der Waals surface area (Å²) < 4.78 is 0. The first-order valence-corrected chi connectivity index (χ1v) is 7.52. The van der Waals surface area contributed by atoms with Crippen molar-refractivity contribution in [3.8, 4) is 0 Å². The lowest BCUT2D eigenvalue weighted by atomic mass is 9.82. The monoisotopic (exact) mass is 304 g/mol. The quantitative estimate of drug-likeness (QED) is 0.694. The summed E-state index contributed by atoms with van der Waals surface area (Å²) in [5, 5.41) is 0. The molecule has 1 nitrogen and oxygen atoms in total. The van der Waals surface area contributed by atoms with Crippen molar-refractivity contribution in [2.45, 2.75) is 53.9 Å². The third kappa shape index (κ3) is 4.10. The van der Waals surface area contributed by atoms with Crippen molar-refractivity contribution in [2.24, 2.45) is 0 Å². The zero-order valence-corrected chi connectivity index (χ0v) is 15.0. The minimum absolute atomic E-state index is 0. The van der Waals surface area contributed by atoms with E-state index in [-0.39, 0.29) is 13.5 Å². The predicted molar refractivity (Wildman–Crippen MR) is 99.2 cm³/mol. The van der Waals surface area contributed by atoms with Crippen LogP contribution in [0.15, 0.2) is 24.3 Å². The Morgan fingerprint density at radius 3 is 2.19 bits per heavy atom. The largest absolute Gasteiger partial charge is 0.295 e. The molecular formula is C19H28OS. The summed E-state index contributed by atoms with van der Waals surface area (Å²) in [6, 6.07) is 4.26. The first-order chi connectivity index (χ1) is 9.56. The van der Waals surface area contributed by atoms with Gasteiger partial charge in [-0.25, -0.2) is 0 Å². The molecule has 0 aliphatic heterocycles. The second-order valence-corrected chi connectivity index (χ2v) is 5.07. The van der Waals surface area contributed by atoms with E-state index in [1.54, 1.807) is 0 Å². The van der Waals surface area contributed by atoms with Gasteiger partial charge in [-0.15, -0.1) is 0 Å². The zero-order valence-electron chi connectivity index (χ0n) is 14.0. The highest BCUT2D eigenvalue weighted by Crippen LogP contribution is 2.35. The second-order valence-electron chi connectivity index (χ2n) is 5.07. The first kappa shape index (κ1) is 19.7. The molecule has 116 valence electrons. The molecule has 0 saturated heterocycles. The summed E-state index contributed by atoms with van der Waals surface area (Å²) in [6.45, 7) is 14.1. The Kier molecular flexibility index (Phi) is 8.34. The number of hydrogen-bond donors (Lipinski definition) is 0. The lowest BCUT2D eigenvalue weighted by Gasteiger charge is -2.21. The Bertz CT molecular complexity index is 553. The van der Waals surface area contributed by atoms with Crippen molar-refractivity contribution in [1.29, 1.82) is 0 Å². The summed E-state index contributed by atoms with van der Waals surface area (Å²) in [5.74, 6) is 0.298. The fourth-order valence-electron chi connectivity index (χ4n) is 2.78. The molecule has 1 aromatic carbocycles. The van der Waals surface area contributed by atoms with Gasteiger partial charge in [-0.3, -0.25) is 4.79 Å². The van der Waals surface area contributed by atoms with E-state index >= 15 is 0 Å². The fourth-order valence-corrected chi connectivity index (χ4v) is 2.78. The maximum absolute atomic E-state index is 11.9. The van der Waals surface area contributed by atoms with Crippen LogP contribution in [0.2, 0.25) is 0 Å². The molecule has 1 aliphatic rings. The summed E-state index contributed by atoms with van der Waals surface area (Å²) in [6.07, 6.45) is 4.58. The fraction of sp³-hybridized carbons (Fsp3) is 0.421. The Morgan fingerprint density at radius 1 is 1.05 bits per heavy atom. The maximum atomic E-state index is 11.9. The average molecular weight is 304 g/mol. The molecule has 0 N–H and O–H groups in total. The van der Waals surface area contributed by atoms with E-state index < -0.39 is 0 Å². The molecule has 21 heavy (non-hydrogen) atoms. The smallest absolute Gasteiger partial charge is 0.158 e. The molecule has 1 aromatic rings. The normalized spacial score (nSPS) is 14.0. The van der Waals surface area contributed by atoms with Crippen molar-refractivity contribution < 1.29 is 4.79 Å². The minimum atomic E-state index is 0. The number of carbonyl (C=O) groups is 1. The van der Waals surface area contributed by atoms with Crippen LogP contribution in [0.25, 0.3) is 11.6 Å². The van der Waals surface area contributed by atoms with E-state index in [9.17, 15) is 4.79 Å². The highest BCUT2D eigenvalue weighted by atomic mass is 32.1. The van der Waals surface area contributed by atoms with Gasteiger partial charge in [0, 0.05) is 6.42 Å². The molecule has 2 rings (SSSR count). The van der Waals surface area contributed by atoms with Crippen LogP contribution in [-0.4, -0.2) is 5.78 Å². The van der Waals surface area contributed by atoms with Gasteiger partial charge in [0.25, 0.3) is 0 Å². The van der Waals surface area contributed by atoms with Crippen LogP contribution in [0.1, 0.15) is 62.3 Å². The molecule has 0 heterocycles. The van der Waals surface area contributed by atoms with Crippen LogP contribution >= 0.6 is 13.5 Å². The highest BCUT2D eigenvalue weighted by molar-refractivity contribution is 7.59. The maximum Gasteiger partial charge on any atom is 0.158 e. The number of ketones is 1. The third-order valence-corrected chi connectivity index (χ3v) is 3.88. The van der Waals surface area contributed by atoms with Crippen molar-refractivity contribution >= 4 is 30.9 Å². The number of carbonyl (C=O) groups excluding carboxylic acids is 1.